The smallest absolute Gasteiger partial charge is 0.339 e. The predicted octanol–water partition coefficient (Wildman–Crippen LogP) is 3.10. The number of carbonyl (C=O) groups excluding carboxylic acids is 2. The van der Waals surface area contributed by atoms with Crippen molar-refractivity contribution in [1.29, 1.82) is 0 Å². The van der Waals surface area contributed by atoms with Crippen LogP contribution in [0.25, 0.3) is 11.4 Å². The quantitative estimate of drug-likeness (QED) is 0.627. The van der Waals surface area contributed by atoms with Gasteiger partial charge < -0.3 is 19.3 Å². The summed E-state index contributed by atoms with van der Waals surface area (Å²) < 4.78 is 15.0. The first-order chi connectivity index (χ1) is 13.6. The Morgan fingerprint density at radius 3 is 2.54 bits per heavy atom. The average molecular weight is 381 g/mol. The van der Waals surface area contributed by atoms with E-state index in [4.69, 9.17) is 14.0 Å². The van der Waals surface area contributed by atoms with Crippen LogP contribution in [0.3, 0.4) is 0 Å². The number of para-hydroxylation sites is 1. The van der Waals surface area contributed by atoms with E-state index in [0.29, 0.717) is 17.4 Å². The zero-order valence-corrected chi connectivity index (χ0v) is 15.5. The maximum atomic E-state index is 12.2. The average Bonchev–Trinajstić information content (AvgIpc) is 3.21. The van der Waals surface area contributed by atoms with Crippen LogP contribution in [0.2, 0.25) is 0 Å². The van der Waals surface area contributed by atoms with Gasteiger partial charge in [-0.1, -0.05) is 17.3 Å². The first-order valence-corrected chi connectivity index (χ1v) is 8.55. The molecule has 0 saturated carbocycles. The van der Waals surface area contributed by atoms with Crippen molar-refractivity contribution >= 4 is 17.6 Å². The van der Waals surface area contributed by atoms with Gasteiger partial charge in [-0.15, -0.1) is 0 Å². The Kier molecular flexibility index (Phi) is 6.01. The summed E-state index contributed by atoms with van der Waals surface area (Å²) in [6.07, 6.45) is 0.398. The highest BCUT2D eigenvalue weighted by Crippen LogP contribution is 2.20. The van der Waals surface area contributed by atoms with Gasteiger partial charge in [-0.05, 0) is 36.4 Å². The van der Waals surface area contributed by atoms with Gasteiger partial charge in [-0.25, -0.2) is 4.79 Å². The Morgan fingerprint density at radius 1 is 1.07 bits per heavy atom. The monoisotopic (exact) mass is 381 g/mol. The minimum absolute atomic E-state index is 0.125. The molecule has 8 heteroatoms. The number of hydrogen-bond acceptors (Lipinski definition) is 7. The molecule has 8 nitrogen and oxygen atoms in total. The van der Waals surface area contributed by atoms with Crippen molar-refractivity contribution in [2.45, 2.75) is 12.8 Å². The summed E-state index contributed by atoms with van der Waals surface area (Å²) in [6.45, 7) is 0. The van der Waals surface area contributed by atoms with Crippen LogP contribution in [0.1, 0.15) is 22.7 Å². The zero-order chi connectivity index (χ0) is 19.9. The highest BCUT2D eigenvalue weighted by atomic mass is 16.5. The Morgan fingerprint density at radius 2 is 1.82 bits per heavy atom. The number of amides is 1. The van der Waals surface area contributed by atoms with Crippen LogP contribution >= 0.6 is 0 Å². The van der Waals surface area contributed by atoms with Crippen molar-refractivity contribution in [1.82, 2.24) is 10.1 Å². The summed E-state index contributed by atoms with van der Waals surface area (Å²) >= 11 is 0. The number of aromatic nitrogens is 2. The molecule has 0 bridgehead atoms. The number of nitrogens with one attached hydrogen (secondary N) is 1. The van der Waals surface area contributed by atoms with E-state index in [0.717, 1.165) is 11.3 Å². The molecule has 1 heterocycles. The SMILES string of the molecule is COC(=O)c1ccccc1NC(=O)CCc1nc(-c2ccc(OC)cc2)no1. The van der Waals surface area contributed by atoms with Crippen molar-refractivity contribution in [2.75, 3.05) is 19.5 Å². The van der Waals surface area contributed by atoms with Crippen LogP contribution < -0.4 is 10.1 Å². The third-order valence-electron chi connectivity index (χ3n) is 3.99. The number of esters is 1. The van der Waals surface area contributed by atoms with E-state index in [2.05, 4.69) is 15.5 Å². The van der Waals surface area contributed by atoms with Crippen LogP contribution in [0, 0.1) is 0 Å². The molecule has 3 aromatic rings. The van der Waals surface area contributed by atoms with E-state index in [1.165, 1.54) is 7.11 Å². The van der Waals surface area contributed by atoms with E-state index in [1.54, 1.807) is 43.5 Å². The summed E-state index contributed by atoms with van der Waals surface area (Å²) in [7, 11) is 2.88. The molecule has 1 N–H and O–H groups in total. The summed E-state index contributed by atoms with van der Waals surface area (Å²) in [5.41, 5.74) is 1.47. The molecule has 0 fully saturated rings. The molecule has 3 rings (SSSR count). The first-order valence-electron chi connectivity index (χ1n) is 8.55. The normalized spacial score (nSPS) is 10.4. The molecule has 0 spiro atoms. The molecule has 1 aromatic heterocycles. The third kappa shape index (κ3) is 4.53. The van der Waals surface area contributed by atoms with Gasteiger partial charge in [0.2, 0.25) is 17.6 Å². The van der Waals surface area contributed by atoms with Gasteiger partial charge in [0, 0.05) is 18.4 Å². The van der Waals surface area contributed by atoms with Gasteiger partial charge >= 0.3 is 5.97 Å². The van der Waals surface area contributed by atoms with Crippen LogP contribution in [0.15, 0.2) is 53.1 Å². The lowest BCUT2D eigenvalue weighted by molar-refractivity contribution is -0.116. The van der Waals surface area contributed by atoms with Crippen molar-refractivity contribution < 1.29 is 23.6 Å². The molecule has 0 aliphatic heterocycles. The fraction of sp³-hybridized carbons (Fsp3) is 0.200. The molecule has 0 saturated heterocycles. The molecular weight excluding hydrogens is 362 g/mol. The Balaban J connectivity index is 1.60. The Bertz CT molecular complexity index is 966. The number of carbonyl (C=O) groups is 2. The minimum atomic E-state index is -0.517. The lowest BCUT2D eigenvalue weighted by atomic mass is 10.1. The number of aryl methyl sites for hydroxylation is 1. The second kappa shape index (κ2) is 8.81. The molecule has 0 aliphatic carbocycles. The van der Waals surface area contributed by atoms with E-state index in [9.17, 15) is 9.59 Å². The molecule has 0 aliphatic rings. The number of hydrogen-bond donors (Lipinski definition) is 1. The third-order valence-corrected chi connectivity index (χ3v) is 3.99. The molecular formula is C20H19N3O5. The highest BCUT2D eigenvalue weighted by molar-refractivity contribution is 6.01. The summed E-state index contributed by atoms with van der Waals surface area (Å²) in [5, 5.41) is 6.64. The van der Waals surface area contributed by atoms with E-state index < -0.39 is 5.97 Å². The van der Waals surface area contributed by atoms with Gasteiger partial charge in [0.1, 0.15) is 5.75 Å². The van der Waals surface area contributed by atoms with E-state index in [1.807, 2.05) is 12.1 Å². The lowest BCUT2D eigenvalue weighted by Gasteiger charge is -2.08. The van der Waals surface area contributed by atoms with E-state index >= 15 is 0 Å². The molecule has 1 amide bonds. The van der Waals surface area contributed by atoms with Crippen LogP contribution in [-0.2, 0) is 16.0 Å². The van der Waals surface area contributed by atoms with Crippen molar-refractivity contribution in [2.24, 2.45) is 0 Å². The second-order valence-electron chi connectivity index (χ2n) is 5.83. The minimum Gasteiger partial charge on any atom is -0.497 e. The van der Waals surface area contributed by atoms with Gasteiger partial charge in [-0.3, -0.25) is 4.79 Å². The molecule has 2 aromatic carbocycles. The summed E-state index contributed by atoms with van der Waals surface area (Å²) in [5.74, 6) is 0.727. The largest absolute Gasteiger partial charge is 0.497 e. The maximum Gasteiger partial charge on any atom is 0.339 e. The van der Waals surface area contributed by atoms with Gasteiger partial charge in [0.15, 0.2) is 0 Å². The number of ether oxygens (including phenoxy) is 2. The standard InChI is InChI=1S/C20H19N3O5/c1-26-14-9-7-13(8-10-14)19-22-18(28-23-19)12-11-17(24)21-16-6-4-3-5-15(16)20(25)27-2/h3-10H,11-12H2,1-2H3,(H,21,24). The fourth-order valence-electron chi connectivity index (χ4n) is 2.53. The predicted molar refractivity (Wildman–Crippen MR) is 101 cm³/mol. The molecule has 0 radical (unpaired) electrons. The van der Waals surface area contributed by atoms with Gasteiger partial charge in [0.25, 0.3) is 0 Å². The number of nitrogens with zero attached hydrogens (tertiary/aromatic N) is 2. The second-order valence-corrected chi connectivity index (χ2v) is 5.83. The Labute approximate surface area is 161 Å². The lowest BCUT2D eigenvalue weighted by Crippen LogP contribution is -2.15. The van der Waals surface area contributed by atoms with Crippen molar-refractivity contribution in [3.63, 3.8) is 0 Å². The highest BCUT2D eigenvalue weighted by Gasteiger charge is 2.15. The molecule has 144 valence electrons. The summed E-state index contributed by atoms with van der Waals surface area (Å²) in [6, 6.07) is 13.9. The van der Waals surface area contributed by atoms with Crippen LogP contribution in [-0.4, -0.2) is 36.2 Å². The number of benzene rings is 2. The number of rotatable bonds is 7. The fourth-order valence-corrected chi connectivity index (χ4v) is 2.53. The van der Waals surface area contributed by atoms with Crippen molar-refractivity contribution in [3.05, 3.63) is 60.0 Å². The van der Waals surface area contributed by atoms with E-state index in [-0.39, 0.29) is 24.3 Å². The Hall–Kier alpha value is -3.68. The number of anilines is 1. The van der Waals surface area contributed by atoms with Crippen LogP contribution in [0.5, 0.6) is 5.75 Å². The van der Waals surface area contributed by atoms with Gasteiger partial charge in [0.05, 0.1) is 25.5 Å². The zero-order valence-electron chi connectivity index (χ0n) is 15.5. The molecule has 0 unspecified atom stereocenters. The van der Waals surface area contributed by atoms with Crippen LogP contribution in [0.4, 0.5) is 5.69 Å². The molecule has 28 heavy (non-hydrogen) atoms. The van der Waals surface area contributed by atoms with Crippen molar-refractivity contribution in [3.8, 4) is 17.1 Å². The maximum absolute atomic E-state index is 12.2. The molecule has 0 atom stereocenters. The number of methoxy groups -OCH3 is 2. The van der Waals surface area contributed by atoms with Gasteiger partial charge in [-0.2, -0.15) is 4.98 Å². The first kappa shape index (κ1) is 19.1. The summed E-state index contributed by atoms with van der Waals surface area (Å²) in [4.78, 5) is 28.3. The topological polar surface area (TPSA) is 104 Å².